The number of hydrogen-bond acceptors (Lipinski definition) is 5. The second kappa shape index (κ2) is 5.61. The van der Waals surface area contributed by atoms with Crippen LogP contribution in [0.1, 0.15) is 0 Å². The smallest absolute Gasteiger partial charge is 0.306 e. The van der Waals surface area contributed by atoms with Crippen LogP contribution in [0.3, 0.4) is 0 Å². The highest BCUT2D eigenvalue weighted by molar-refractivity contribution is 7.06. The number of nitrogens with zero attached hydrogens (tertiary/aromatic N) is 2. The Morgan fingerprint density at radius 2 is 2.30 bits per heavy atom. The number of halogens is 1. The monoisotopic (exact) mass is 296 g/mol. The van der Waals surface area contributed by atoms with Gasteiger partial charge in [0.15, 0.2) is 4.80 Å². The zero-order chi connectivity index (χ0) is 14.7. The number of aromatic nitrogens is 1. The Balaban J connectivity index is 2.12. The summed E-state index contributed by atoms with van der Waals surface area (Å²) in [5, 5.41) is 22.2. The number of thiazole rings is 1. The molecule has 1 amide bonds. The van der Waals surface area contributed by atoms with Crippen molar-refractivity contribution in [3.05, 3.63) is 50.5 Å². The van der Waals surface area contributed by atoms with Crippen LogP contribution >= 0.6 is 11.3 Å². The lowest BCUT2D eigenvalue weighted by Crippen LogP contribution is -2.23. The largest absolute Gasteiger partial charge is 0.324 e. The second-order valence-electron chi connectivity index (χ2n) is 3.81. The predicted octanol–water partition coefficient (Wildman–Crippen LogP) is 1.72. The lowest BCUT2D eigenvalue weighted by Gasteiger charge is -2.06. The number of nitrogens with one attached hydrogen (secondary N) is 2. The first kappa shape index (κ1) is 13.9. The summed E-state index contributed by atoms with van der Waals surface area (Å²) in [5.41, 5.74) is -0.572. The van der Waals surface area contributed by atoms with Gasteiger partial charge in [-0.3, -0.25) is 20.3 Å². The Hall–Kier alpha value is -2.55. The molecule has 20 heavy (non-hydrogen) atoms. The molecule has 0 bridgehead atoms. The van der Waals surface area contributed by atoms with Crippen LogP contribution in [-0.2, 0) is 11.3 Å². The van der Waals surface area contributed by atoms with Crippen molar-refractivity contribution in [2.75, 3.05) is 5.32 Å². The third kappa shape index (κ3) is 3.06. The van der Waals surface area contributed by atoms with Gasteiger partial charge in [-0.15, -0.1) is 11.3 Å². The Morgan fingerprint density at radius 3 is 2.90 bits per heavy atom. The van der Waals surface area contributed by atoms with Gasteiger partial charge in [0.2, 0.25) is 11.7 Å². The summed E-state index contributed by atoms with van der Waals surface area (Å²) in [5.74, 6) is -1.42. The van der Waals surface area contributed by atoms with Gasteiger partial charge >= 0.3 is 5.69 Å². The van der Waals surface area contributed by atoms with Crippen molar-refractivity contribution in [1.29, 1.82) is 5.41 Å². The topological polar surface area (TPSA) is 101 Å². The molecule has 0 aliphatic heterocycles. The number of hydrogen-bond donors (Lipinski definition) is 2. The van der Waals surface area contributed by atoms with E-state index in [0.29, 0.717) is 0 Å². The summed E-state index contributed by atoms with van der Waals surface area (Å²) in [6, 6.07) is 3.11. The number of amides is 1. The molecular formula is C11H9FN4O3S. The number of nitro benzene ring substituents is 1. The summed E-state index contributed by atoms with van der Waals surface area (Å²) in [6.45, 7) is -0.0898. The van der Waals surface area contributed by atoms with Crippen LogP contribution in [0, 0.1) is 21.3 Å². The quantitative estimate of drug-likeness (QED) is 0.663. The third-order valence-corrected chi connectivity index (χ3v) is 3.14. The van der Waals surface area contributed by atoms with Gasteiger partial charge in [-0.25, -0.2) is 0 Å². The first-order valence-corrected chi connectivity index (χ1v) is 6.27. The minimum atomic E-state index is -0.964. The van der Waals surface area contributed by atoms with Gasteiger partial charge < -0.3 is 9.88 Å². The van der Waals surface area contributed by atoms with Crippen LogP contribution in [0.15, 0.2) is 29.8 Å². The van der Waals surface area contributed by atoms with Crippen molar-refractivity contribution in [3.63, 3.8) is 0 Å². The second-order valence-corrected chi connectivity index (χ2v) is 4.70. The zero-order valence-electron chi connectivity index (χ0n) is 10.00. The molecule has 2 N–H and O–H groups in total. The molecule has 9 heteroatoms. The minimum Gasteiger partial charge on any atom is -0.324 e. The van der Waals surface area contributed by atoms with E-state index in [1.54, 1.807) is 11.6 Å². The van der Waals surface area contributed by atoms with E-state index in [0.717, 1.165) is 12.1 Å². The highest BCUT2D eigenvalue weighted by atomic mass is 32.1. The molecular weight excluding hydrogens is 287 g/mol. The molecule has 2 rings (SSSR count). The lowest BCUT2D eigenvalue weighted by molar-refractivity contribution is -0.387. The normalized spacial score (nSPS) is 10.2. The van der Waals surface area contributed by atoms with E-state index < -0.39 is 22.3 Å². The van der Waals surface area contributed by atoms with Gasteiger partial charge in [-0.1, -0.05) is 0 Å². The Bertz CT molecular complexity index is 724. The molecule has 1 heterocycles. The maximum absolute atomic E-state index is 13.1. The number of carbonyl (C=O) groups excluding carboxylic acids is 1. The van der Waals surface area contributed by atoms with E-state index in [1.807, 2.05) is 0 Å². The standard InChI is InChI=1S/C11H9FN4O3S/c12-8-2-1-7(5-9(8)16(18)19)14-10(17)6-15-3-4-20-11(15)13/h1-5,13H,6H2,(H,14,17). The van der Waals surface area contributed by atoms with Gasteiger partial charge in [0.1, 0.15) is 6.54 Å². The van der Waals surface area contributed by atoms with E-state index in [-0.39, 0.29) is 17.0 Å². The van der Waals surface area contributed by atoms with Gasteiger partial charge in [-0.05, 0) is 12.1 Å². The van der Waals surface area contributed by atoms with E-state index in [9.17, 15) is 19.3 Å². The van der Waals surface area contributed by atoms with Crippen molar-refractivity contribution >= 4 is 28.6 Å². The molecule has 2 aromatic rings. The highest BCUT2D eigenvalue weighted by Crippen LogP contribution is 2.21. The van der Waals surface area contributed by atoms with Crippen molar-refractivity contribution in [1.82, 2.24) is 4.57 Å². The molecule has 1 aromatic carbocycles. The molecule has 0 atom stereocenters. The van der Waals surface area contributed by atoms with Crippen molar-refractivity contribution in [2.45, 2.75) is 6.54 Å². The van der Waals surface area contributed by atoms with Crippen LogP contribution in [-0.4, -0.2) is 15.4 Å². The Labute approximate surface area is 116 Å². The minimum absolute atomic E-state index is 0.0898. The first-order chi connectivity index (χ1) is 9.47. The molecule has 104 valence electrons. The molecule has 0 radical (unpaired) electrons. The van der Waals surface area contributed by atoms with Crippen LogP contribution < -0.4 is 10.1 Å². The molecule has 0 unspecified atom stereocenters. The molecule has 0 spiro atoms. The summed E-state index contributed by atoms with van der Waals surface area (Å²) in [4.78, 5) is 21.7. The SMILES string of the molecule is N=c1sccn1CC(=O)Nc1ccc(F)c([N+](=O)[O-])c1. The van der Waals surface area contributed by atoms with Gasteiger partial charge in [0.25, 0.3) is 0 Å². The van der Waals surface area contributed by atoms with E-state index in [1.165, 1.54) is 22.0 Å². The van der Waals surface area contributed by atoms with Crippen molar-refractivity contribution in [3.8, 4) is 0 Å². The van der Waals surface area contributed by atoms with Crippen molar-refractivity contribution in [2.24, 2.45) is 0 Å². The van der Waals surface area contributed by atoms with Crippen molar-refractivity contribution < 1.29 is 14.1 Å². The molecule has 0 saturated heterocycles. The average molecular weight is 296 g/mol. The molecule has 0 saturated carbocycles. The Kier molecular flexibility index (Phi) is 3.89. The fraction of sp³-hybridized carbons (Fsp3) is 0.0909. The van der Waals surface area contributed by atoms with Crippen LogP contribution in [0.2, 0.25) is 0 Å². The predicted molar refractivity (Wildman–Crippen MR) is 69.8 cm³/mol. The number of nitro groups is 1. The maximum Gasteiger partial charge on any atom is 0.306 e. The molecule has 1 aromatic heterocycles. The number of benzene rings is 1. The fourth-order valence-electron chi connectivity index (χ4n) is 1.51. The zero-order valence-corrected chi connectivity index (χ0v) is 10.8. The van der Waals surface area contributed by atoms with E-state index in [4.69, 9.17) is 5.41 Å². The average Bonchev–Trinajstić information content (AvgIpc) is 2.77. The maximum atomic E-state index is 13.1. The summed E-state index contributed by atoms with van der Waals surface area (Å²) < 4.78 is 14.5. The van der Waals surface area contributed by atoms with E-state index >= 15 is 0 Å². The number of rotatable bonds is 4. The summed E-state index contributed by atoms with van der Waals surface area (Å²) >= 11 is 1.17. The van der Waals surface area contributed by atoms with Crippen LogP contribution in [0.4, 0.5) is 15.8 Å². The highest BCUT2D eigenvalue weighted by Gasteiger charge is 2.15. The number of carbonyl (C=O) groups is 1. The van der Waals surface area contributed by atoms with Gasteiger partial charge in [0.05, 0.1) is 4.92 Å². The van der Waals surface area contributed by atoms with Crippen LogP contribution in [0.25, 0.3) is 0 Å². The molecule has 0 aliphatic rings. The first-order valence-electron chi connectivity index (χ1n) is 5.39. The van der Waals surface area contributed by atoms with E-state index in [2.05, 4.69) is 5.32 Å². The van der Waals surface area contributed by atoms with Gasteiger partial charge in [-0.2, -0.15) is 4.39 Å². The molecule has 0 fully saturated rings. The summed E-state index contributed by atoms with van der Waals surface area (Å²) in [6.07, 6.45) is 1.58. The lowest BCUT2D eigenvalue weighted by atomic mass is 10.2. The Morgan fingerprint density at radius 1 is 1.55 bits per heavy atom. The number of anilines is 1. The molecule has 0 aliphatic carbocycles. The van der Waals surface area contributed by atoms with Crippen LogP contribution in [0.5, 0.6) is 0 Å². The molecule has 7 nitrogen and oxygen atoms in total. The van der Waals surface area contributed by atoms with Gasteiger partial charge in [0, 0.05) is 23.3 Å². The fourth-order valence-corrected chi connectivity index (χ4v) is 2.11. The summed E-state index contributed by atoms with van der Waals surface area (Å²) in [7, 11) is 0. The third-order valence-electron chi connectivity index (χ3n) is 2.42.